The van der Waals surface area contributed by atoms with Crippen LogP contribution < -0.4 is 5.32 Å². The number of nitrogens with zero attached hydrogens (tertiary/aromatic N) is 3. The molecule has 0 aromatic carbocycles. The van der Waals surface area contributed by atoms with Crippen molar-refractivity contribution in [2.45, 2.75) is 39.8 Å². The molecule has 0 atom stereocenters. The van der Waals surface area contributed by atoms with Gasteiger partial charge in [-0.25, -0.2) is 9.59 Å². The Hall–Kier alpha value is -2.90. The SMILES string of the molecule is CCOC(=O)c1cc(-c2ccncc2)nn1CCNC(=O)OC(C)(C)C. The number of nitrogens with one attached hydrogen (secondary N) is 1. The van der Waals surface area contributed by atoms with Crippen LogP contribution >= 0.6 is 0 Å². The minimum Gasteiger partial charge on any atom is -0.461 e. The molecule has 0 aliphatic carbocycles. The highest BCUT2D eigenvalue weighted by atomic mass is 16.6. The molecule has 0 unspecified atom stereocenters. The zero-order valence-electron chi connectivity index (χ0n) is 15.5. The summed E-state index contributed by atoms with van der Waals surface area (Å²) < 4.78 is 11.8. The van der Waals surface area contributed by atoms with E-state index in [9.17, 15) is 9.59 Å². The first-order valence-electron chi connectivity index (χ1n) is 8.42. The van der Waals surface area contributed by atoms with E-state index in [-0.39, 0.29) is 13.2 Å². The monoisotopic (exact) mass is 360 g/mol. The molecule has 0 aliphatic heterocycles. The lowest BCUT2D eigenvalue weighted by Gasteiger charge is -2.19. The fourth-order valence-corrected chi connectivity index (χ4v) is 2.20. The molecular formula is C18H24N4O4. The average Bonchev–Trinajstić information content (AvgIpc) is 2.98. The number of carbonyl (C=O) groups is 2. The topological polar surface area (TPSA) is 95.3 Å². The molecule has 140 valence electrons. The predicted molar refractivity (Wildman–Crippen MR) is 95.7 cm³/mol. The third kappa shape index (κ3) is 5.58. The highest BCUT2D eigenvalue weighted by Gasteiger charge is 2.19. The van der Waals surface area contributed by atoms with Gasteiger partial charge in [0.05, 0.1) is 18.8 Å². The molecule has 1 amide bonds. The largest absolute Gasteiger partial charge is 0.461 e. The molecule has 0 bridgehead atoms. The Labute approximate surface area is 152 Å². The molecule has 0 aliphatic rings. The van der Waals surface area contributed by atoms with Crippen LogP contribution in [0.2, 0.25) is 0 Å². The summed E-state index contributed by atoms with van der Waals surface area (Å²) in [5, 5.41) is 7.10. The zero-order valence-corrected chi connectivity index (χ0v) is 15.5. The number of hydrogen-bond donors (Lipinski definition) is 1. The van der Waals surface area contributed by atoms with E-state index in [0.29, 0.717) is 17.9 Å². The fourth-order valence-electron chi connectivity index (χ4n) is 2.20. The smallest absolute Gasteiger partial charge is 0.407 e. The quantitative estimate of drug-likeness (QED) is 0.796. The number of amides is 1. The number of pyridine rings is 1. The second-order valence-electron chi connectivity index (χ2n) is 6.52. The molecule has 0 saturated carbocycles. The molecule has 0 spiro atoms. The molecule has 0 fully saturated rings. The number of esters is 1. The van der Waals surface area contributed by atoms with Crippen molar-refractivity contribution in [3.63, 3.8) is 0 Å². The molecule has 0 saturated heterocycles. The van der Waals surface area contributed by atoms with Crippen molar-refractivity contribution in [3.8, 4) is 11.3 Å². The van der Waals surface area contributed by atoms with Crippen molar-refractivity contribution >= 4 is 12.1 Å². The summed E-state index contributed by atoms with van der Waals surface area (Å²) in [6, 6.07) is 5.28. The van der Waals surface area contributed by atoms with Crippen molar-refractivity contribution < 1.29 is 19.1 Å². The van der Waals surface area contributed by atoms with E-state index in [1.54, 1.807) is 58.3 Å². The number of carbonyl (C=O) groups excluding carboxylic acids is 2. The molecular weight excluding hydrogens is 336 g/mol. The molecule has 2 aromatic rings. The van der Waals surface area contributed by atoms with E-state index in [0.717, 1.165) is 5.56 Å². The van der Waals surface area contributed by atoms with Crippen molar-refractivity contribution in [3.05, 3.63) is 36.3 Å². The first-order chi connectivity index (χ1) is 12.3. The standard InChI is InChI=1S/C18H24N4O4/c1-5-25-16(23)15-12-14(13-6-8-19-9-7-13)21-22(15)11-10-20-17(24)26-18(2,3)4/h6-9,12H,5,10-11H2,1-4H3,(H,20,24). The summed E-state index contributed by atoms with van der Waals surface area (Å²) in [5.41, 5.74) is 1.22. The molecule has 2 rings (SSSR count). The normalized spacial score (nSPS) is 11.1. The number of alkyl carbamates (subject to hydrolysis) is 1. The van der Waals surface area contributed by atoms with E-state index in [2.05, 4.69) is 15.4 Å². The van der Waals surface area contributed by atoms with E-state index >= 15 is 0 Å². The summed E-state index contributed by atoms with van der Waals surface area (Å²) >= 11 is 0. The lowest BCUT2D eigenvalue weighted by atomic mass is 10.2. The second-order valence-corrected chi connectivity index (χ2v) is 6.52. The molecule has 1 N–H and O–H groups in total. The minimum atomic E-state index is -0.569. The number of aromatic nitrogens is 3. The molecule has 0 radical (unpaired) electrons. The van der Waals surface area contributed by atoms with Gasteiger partial charge in [0.1, 0.15) is 11.3 Å². The van der Waals surface area contributed by atoms with Crippen LogP contribution in [0.4, 0.5) is 4.79 Å². The van der Waals surface area contributed by atoms with Crippen LogP contribution in [0.25, 0.3) is 11.3 Å². The van der Waals surface area contributed by atoms with Gasteiger partial charge in [-0.15, -0.1) is 0 Å². The zero-order chi connectivity index (χ0) is 19.2. The number of ether oxygens (including phenoxy) is 2. The Kier molecular flexibility index (Phi) is 6.32. The number of rotatable bonds is 6. The molecule has 2 heterocycles. The van der Waals surface area contributed by atoms with Gasteiger partial charge < -0.3 is 14.8 Å². The van der Waals surface area contributed by atoms with Gasteiger partial charge in [0.2, 0.25) is 0 Å². The van der Waals surface area contributed by atoms with Crippen molar-refractivity contribution in [1.82, 2.24) is 20.1 Å². The molecule has 8 heteroatoms. The average molecular weight is 360 g/mol. The fraction of sp³-hybridized carbons (Fsp3) is 0.444. The maximum Gasteiger partial charge on any atom is 0.407 e. The van der Waals surface area contributed by atoms with Crippen LogP contribution in [0, 0.1) is 0 Å². The third-order valence-corrected chi connectivity index (χ3v) is 3.23. The second kappa shape index (κ2) is 8.46. The van der Waals surface area contributed by atoms with Gasteiger partial charge in [-0.2, -0.15) is 5.10 Å². The van der Waals surface area contributed by atoms with E-state index in [4.69, 9.17) is 9.47 Å². The molecule has 26 heavy (non-hydrogen) atoms. The van der Waals surface area contributed by atoms with E-state index in [1.807, 2.05) is 0 Å². The Bertz CT molecular complexity index is 750. The van der Waals surface area contributed by atoms with Crippen LogP contribution in [0.1, 0.15) is 38.2 Å². The van der Waals surface area contributed by atoms with Gasteiger partial charge in [-0.05, 0) is 45.9 Å². The molecule has 8 nitrogen and oxygen atoms in total. The minimum absolute atomic E-state index is 0.263. The highest BCUT2D eigenvalue weighted by molar-refractivity contribution is 5.89. The van der Waals surface area contributed by atoms with Gasteiger partial charge in [-0.3, -0.25) is 9.67 Å². The third-order valence-electron chi connectivity index (χ3n) is 3.23. The molecule has 2 aromatic heterocycles. The van der Waals surface area contributed by atoms with Crippen molar-refractivity contribution in [2.75, 3.05) is 13.2 Å². The lowest BCUT2D eigenvalue weighted by Crippen LogP contribution is -2.34. The van der Waals surface area contributed by atoms with Crippen LogP contribution in [-0.2, 0) is 16.0 Å². The van der Waals surface area contributed by atoms with Crippen LogP contribution in [0.15, 0.2) is 30.6 Å². The first-order valence-corrected chi connectivity index (χ1v) is 8.42. The maximum absolute atomic E-state index is 12.2. The highest BCUT2D eigenvalue weighted by Crippen LogP contribution is 2.19. The predicted octanol–water partition coefficient (Wildman–Crippen LogP) is 2.65. The number of hydrogen-bond acceptors (Lipinski definition) is 6. The Balaban J connectivity index is 2.11. The van der Waals surface area contributed by atoms with Gasteiger partial charge in [0.25, 0.3) is 0 Å². The van der Waals surface area contributed by atoms with Gasteiger partial charge >= 0.3 is 12.1 Å². The van der Waals surface area contributed by atoms with Crippen LogP contribution in [0.5, 0.6) is 0 Å². The van der Waals surface area contributed by atoms with Gasteiger partial charge in [0.15, 0.2) is 0 Å². The van der Waals surface area contributed by atoms with Gasteiger partial charge in [-0.1, -0.05) is 0 Å². The maximum atomic E-state index is 12.2. The Morgan fingerprint density at radius 3 is 2.54 bits per heavy atom. The summed E-state index contributed by atoms with van der Waals surface area (Å²) in [4.78, 5) is 27.9. The summed E-state index contributed by atoms with van der Waals surface area (Å²) in [7, 11) is 0. The lowest BCUT2D eigenvalue weighted by molar-refractivity contribution is 0.0512. The van der Waals surface area contributed by atoms with Gasteiger partial charge in [0, 0.05) is 24.5 Å². The van der Waals surface area contributed by atoms with Crippen molar-refractivity contribution in [1.29, 1.82) is 0 Å². The van der Waals surface area contributed by atoms with Crippen LogP contribution in [0.3, 0.4) is 0 Å². The Morgan fingerprint density at radius 2 is 1.92 bits per heavy atom. The van der Waals surface area contributed by atoms with Crippen LogP contribution in [-0.4, -0.2) is 45.6 Å². The van der Waals surface area contributed by atoms with Crippen molar-refractivity contribution in [2.24, 2.45) is 0 Å². The first kappa shape index (κ1) is 19.4. The van der Waals surface area contributed by atoms with E-state index < -0.39 is 17.7 Å². The summed E-state index contributed by atoms with van der Waals surface area (Å²) in [5.74, 6) is -0.461. The summed E-state index contributed by atoms with van der Waals surface area (Å²) in [6.45, 7) is 7.95. The Morgan fingerprint density at radius 1 is 1.23 bits per heavy atom. The van der Waals surface area contributed by atoms with E-state index in [1.165, 1.54) is 4.68 Å². The summed E-state index contributed by atoms with van der Waals surface area (Å²) in [6.07, 6.45) is 2.79.